The van der Waals surface area contributed by atoms with Gasteiger partial charge < -0.3 is 13.8 Å². The summed E-state index contributed by atoms with van der Waals surface area (Å²) in [4.78, 5) is 28.6. The smallest absolute Gasteiger partial charge is 0.449 e. The van der Waals surface area contributed by atoms with E-state index in [0.717, 1.165) is 10.3 Å². The summed E-state index contributed by atoms with van der Waals surface area (Å²) in [5, 5.41) is 3.94. The van der Waals surface area contributed by atoms with Crippen molar-refractivity contribution in [3.63, 3.8) is 0 Å². The first-order chi connectivity index (χ1) is 15.6. The van der Waals surface area contributed by atoms with Crippen LogP contribution in [0.2, 0.25) is 0 Å². The Kier molecular flexibility index (Phi) is 5.56. The largest absolute Gasteiger partial charge is 0.456 e. The maximum Gasteiger partial charge on any atom is 0.449 e. The minimum Gasteiger partial charge on any atom is -0.456 e. The molecule has 3 aromatic heterocycles. The van der Waals surface area contributed by atoms with Crippen molar-refractivity contribution < 1.29 is 32.0 Å². The van der Waals surface area contributed by atoms with Crippen molar-refractivity contribution in [1.29, 1.82) is 0 Å². The van der Waals surface area contributed by atoms with Crippen LogP contribution in [-0.4, -0.2) is 37.6 Å². The molecule has 0 saturated carbocycles. The number of halogens is 3. The van der Waals surface area contributed by atoms with Gasteiger partial charge in [-0.1, -0.05) is 17.3 Å². The second-order valence-corrected chi connectivity index (χ2v) is 7.51. The molecule has 0 bridgehead atoms. The number of imidazole rings is 1. The van der Waals surface area contributed by atoms with Gasteiger partial charge in [-0.2, -0.15) is 13.2 Å². The van der Waals surface area contributed by atoms with Gasteiger partial charge in [0.25, 0.3) is 0 Å². The molecule has 0 unspecified atom stereocenters. The van der Waals surface area contributed by atoms with Crippen molar-refractivity contribution in [2.75, 3.05) is 6.61 Å². The van der Waals surface area contributed by atoms with Gasteiger partial charge in [0.1, 0.15) is 12.3 Å². The number of nitrogens with zero attached hydrogens (tertiary/aromatic N) is 4. The summed E-state index contributed by atoms with van der Waals surface area (Å²) < 4.78 is 52.7. The van der Waals surface area contributed by atoms with E-state index in [0.29, 0.717) is 22.8 Å². The van der Waals surface area contributed by atoms with E-state index in [-0.39, 0.29) is 11.0 Å². The molecule has 0 aliphatic heterocycles. The Labute approximate surface area is 185 Å². The molecule has 0 aliphatic carbocycles. The van der Waals surface area contributed by atoms with Gasteiger partial charge in [-0.05, 0) is 39.0 Å². The van der Waals surface area contributed by atoms with E-state index < -0.39 is 36.9 Å². The Morgan fingerprint density at radius 1 is 1.12 bits per heavy atom. The molecule has 172 valence electrons. The fraction of sp³-hybridized carbons (Fsp3) is 0.273. The average Bonchev–Trinajstić information content (AvgIpc) is 3.42. The quantitative estimate of drug-likeness (QED) is 0.317. The van der Waals surface area contributed by atoms with Crippen LogP contribution >= 0.6 is 0 Å². The lowest BCUT2D eigenvalue weighted by Crippen LogP contribution is -2.22. The Balaban J connectivity index is 1.50. The van der Waals surface area contributed by atoms with E-state index >= 15 is 0 Å². The van der Waals surface area contributed by atoms with Gasteiger partial charge in [-0.3, -0.25) is 14.2 Å². The molecule has 0 radical (unpaired) electrons. The zero-order valence-corrected chi connectivity index (χ0v) is 17.9. The van der Waals surface area contributed by atoms with Crippen LogP contribution in [0.1, 0.15) is 33.3 Å². The predicted molar refractivity (Wildman–Crippen MR) is 110 cm³/mol. The van der Waals surface area contributed by atoms with Crippen molar-refractivity contribution in [1.82, 2.24) is 19.3 Å². The van der Waals surface area contributed by atoms with Gasteiger partial charge >= 0.3 is 12.1 Å². The third-order valence-electron chi connectivity index (χ3n) is 5.14. The van der Waals surface area contributed by atoms with Gasteiger partial charge in [-0.25, -0.2) is 4.98 Å². The summed E-state index contributed by atoms with van der Waals surface area (Å²) in [7, 11) is 0. The molecule has 0 atom stereocenters. The highest BCUT2D eigenvalue weighted by Crippen LogP contribution is 2.31. The number of ether oxygens (including phenoxy) is 1. The molecule has 4 rings (SSSR count). The summed E-state index contributed by atoms with van der Waals surface area (Å²) in [5.74, 6) is -1.58. The average molecular weight is 460 g/mol. The molecule has 0 N–H and O–H groups in total. The second kappa shape index (κ2) is 8.23. The molecule has 0 spiro atoms. The van der Waals surface area contributed by atoms with Crippen molar-refractivity contribution in [2.24, 2.45) is 0 Å². The fourth-order valence-corrected chi connectivity index (χ4v) is 3.71. The number of Topliss-reactive ketones (excluding diaryl/α,β-unsaturated/α-hetero) is 1. The van der Waals surface area contributed by atoms with Crippen molar-refractivity contribution in [3.05, 3.63) is 64.9 Å². The van der Waals surface area contributed by atoms with E-state index in [2.05, 4.69) is 10.1 Å². The second-order valence-electron chi connectivity index (χ2n) is 7.51. The number of rotatable bonds is 6. The summed E-state index contributed by atoms with van der Waals surface area (Å²) in [6.07, 6.45) is -4.76. The van der Waals surface area contributed by atoms with E-state index in [1.165, 1.54) is 12.1 Å². The number of aromatic nitrogens is 4. The number of aryl methyl sites for hydroxylation is 2. The van der Waals surface area contributed by atoms with Crippen LogP contribution in [0.15, 0.2) is 40.9 Å². The first-order valence-corrected chi connectivity index (χ1v) is 9.90. The molecule has 0 aliphatic rings. The number of benzene rings is 1. The van der Waals surface area contributed by atoms with Gasteiger partial charge in [0, 0.05) is 23.0 Å². The number of carbonyl (C=O) groups is 2. The fourth-order valence-electron chi connectivity index (χ4n) is 3.71. The lowest BCUT2D eigenvalue weighted by Gasteiger charge is -2.11. The molecule has 0 amide bonds. The van der Waals surface area contributed by atoms with E-state index in [9.17, 15) is 22.8 Å². The highest BCUT2D eigenvalue weighted by atomic mass is 19.4. The summed E-state index contributed by atoms with van der Waals surface area (Å²) >= 11 is 0. The molecule has 0 saturated heterocycles. The molecule has 4 aromatic rings. The van der Waals surface area contributed by atoms with Crippen LogP contribution in [0.5, 0.6) is 0 Å². The number of esters is 1. The summed E-state index contributed by atoms with van der Waals surface area (Å²) in [6.45, 7) is 3.88. The number of carbonyl (C=O) groups excluding carboxylic acids is 2. The topological polar surface area (TPSA) is 92.2 Å². The maximum absolute atomic E-state index is 13.4. The molecular weight excluding hydrogens is 441 g/mol. The van der Waals surface area contributed by atoms with Crippen LogP contribution in [0.3, 0.4) is 0 Å². The number of ketones is 1. The highest BCUT2D eigenvalue weighted by molar-refractivity contribution is 5.99. The highest BCUT2D eigenvalue weighted by Gasteiger charge is 2.38. The molecule has 3 heterocycles. The van der Waals surface area contributed by atoms with Crippen LogP contribution in [0.4, 0.5) is 13.2 Å². The van der Waals surface area contributed by atoms with E-state index in [1.807, 2.05) is 0 Å². The van der Waals surface area contributed by atoms with Crippen LogP contribution in [-0.2, 0) is 22.3 Å². The Morgan fingerprint density at radius 3 is 2.52 bits per heavy atom. The number of hydrogen-bond acceptors (Lipinski definition) is 6. The van der Waals surface area contributed by atoms with Crippen molar-refractivity contribution in [2.45, 2.75) is 33.5 Å². The Morgan fingerprint density at radius 2 is 1.85 bits per heavy atom. The van der Waals surface area contributed by atoms with Gasteiger partial charge in [0.05, 0.1) is 11.0 Å². The van der Waals surface area contributed by atoms with Gasteiger partial charge in [0.2, 0.25) is 11.6 Å². The third kappa shape index (κ3) is 4.26. The normalized spacial score (nSPS) is 11.8. The number of fused-ring (bicyclic) bond motifs is 1. The van der Waals surface area contributed by atoms with Crippen molar-refractivity contribution >= 4 is 22.8 Å². The molecular formula is C22H19F3N4O4. The molecule has 1 aromatic carbocycles. The lowest BCUT2D eigenvalue weighted by atomic mass is 10.1. The van der Waals surface area contributed by atoms with Crippen LogP contribution in [0, 0.1) is 20.8 Å². The summed E-state index contributed by atoms with van der Waals surface area (Å²) in [5.41, 5.74) is 1.84. The molecule has 0 fully saturated rings. The number of alkyl halides is 3. The number of hydrogen-bond donors (Lipinski definition) is 0. The van der Waals surface area contributed by atoms with Gasteiger partial charge in [0.15, 0.2) is 12.4 Å². The SMILES string of the molecule is Cc1cc(-n2c(C)cc(C(=O)COC(=O)Cn3c(C(F)(F)F)nc4ccccc43)c2C)no1. The lowest BCUT2D eigenvalue weighted by molar-refractivity contribution is -0.150. The minimum absolute atomic E-state index is 0.101. The van der Waals surface area contributed by atoms with Gasteiger partial charge in [-0.15, -0.1) is 0 Å². The van der Waals surface area contributed by atoms with E-state index in [1.54, 1.807) is 49.6 Å². The third-order valence-corrected chi connectivity index (χ3v) is 5.14. The first kappa shape index (κ1) is 22.3. The monoisotopic (exact) mass is 460 g/mol. The Bertz CT molecular complexity index is 1360. The zero-order valence-electron chi connectivity index (χ0n) is 17.9. The summed E-state index contributed by atoms with van der Waals surface area (Å²) in [6, 6.07) is 9.27. The van der Waals surface area contributed by atoms with Crippen LogP contribution < -0.4 is 0 Å². The predicted octanol–water partition coefficient (Wildman–Crippen LogP) is 4.19. The molecule has 11 heteroatoms. The first-order valence-electron chi connectivity index (χ1n) is 9.90. The Hall–Kier alpha value is -3.89. The molecule has 33 heavy (non-hydrogen) atoms. The maximum atomic E-state index is 13.4. The van der Waals surface area contributed by atoms with E-state index in [4.69, 9.17) is 9.26 Å². The van der Waals surface area contributed by atoms with Crippen LogP contribution in [0.25, 0.3) is 16.9 Å². The molecule has 8 nitrogen and oxygen atoms in total. The number of para-hydroxylation sites is 2. The van der Waals surface area contributed by atoms with Crippen molar-refractivity contribution in [3.8, 4) is 5.82 Å². The standard InChI is InChI=1S/C22H19F3N4O4/c1-12-8-15(14(3)29(12)19-9-13(2)33-27-19)18(30)11-32-20(31)10-28-17-7-5-4-6-16(17)26-21(28)22(23,24)25/h4-9H,10-11H2,1-3H3. The zero-order chi connectivity index (χ0) is 23.9. The minimum atomic E-state index is -4.76.